The van der Waals surface area contributed by atoms with Crippen molar-refractivity contribution in [2.75, 3.05) is 0 Å². The fraction of sp³-hybridized carbons (Fsp3) is 0.231. The average molecular weight is 302 g/mol. The molecule has 0 spiro atoms. The Morgan fingerprint density at radius 2 is 2.00 bits per heavy atom. The monoisotopic (exact) mass is 302 g/mol. The number of aryl methyl sites for hydroxylation is 2. The lowest BCUT2D eigenvalue weighted by molar-refractivity contribution is 0.278. The highest BCUT2D eigenvalue weighted by atomic mass is 32.2. The fourth-order valence-corrected chi connectivity index (χ4v) is 2.95. The second kappa shape index (κ2) is 5.66. The number of nitrogens with zero attached hydrogens (tertiary/aromatic N) is 6. The van der Waals surface area contributed by atoms with Crippen molar-refractivity contribution in [1.29, 1.82) is 0 Å². The van der Waals surface area contributed by atoms with Crippen LogP contribution < -0.4 is 0 Å². The molecule has 1 aromatic carbocycles. The van der Waals surface area contributed by atoms with Crippen molar-refractivity contribution in [3.8, 4) is 5.69 Å². The summed E-state index contributed by atoms with van der Waals surface area (Å²) in [6, 6.07) is 9.78. The summed E-state index contributed by atoms with van der Waals surface area (Å²) in [4.78, 5) is 0. The summed E-state index contributed by atoms with van der Waals surface area (Å²) in [6.45, 7) is 1.80. The van der Waals surface area contributed by atoms with Gasteiger partial charge in [-0.25, -0.2) is 9.36 Å². The van der Waals surface area contributed by atoms with Crippen LogP contribution in [0.1, 0.15) is 11.3 Å². The lowest BCUT2D eigenvalue weighted by atomic mass is 10.3. The number of aliphatic hydroxyl groups is 1. The van der Waals surface area contributed by atoms with Gasteiger partial charge in [0.05, 0.1) is 18.0 Å². The minimum absolute atomic E-state index is 0.0771. The first-order valence-corrected chi connectivity index (χ1v) is 7.17. The standard InChI is InChI=1S/C13H14N6OS/c1-9-11(8-20)12(21-13-14-16-17-18(13)2)19(15-9)10-6-4-3-5-7-10/h3-7,20H,8H2,1-2H3. The molecule has 108 valence electrons. The maximum absolute atomic E-state index is 9.63. The maximum Gasteiger partial charge on any atom is 0.215 e. The van der Waals surface area contributed by atoms with Crippen LogP contribution >= 0.6 is 11.8 Å². The van der Waals surface area contributed by atoms with E-state index in [4.69, 9.17) is 0 Å². The van der Waals surface area contributed by atoms with Crippen LogP contribution in [0.3, 0.4) is 0 Å². The van der Waals surface area contributed by atoms with Crippen molar-refractivity contribution in [3.63, 3.8) is 0 Å². The summed E-state index contributed by atoms with van der Waals surface area (Å²) in [5.74, 6) is 0. The molecule has 0 saturated carbocycles. The smallest absolute Gasteiger partial charge is 0.215 e. The normalized spacial score (nSPS) is 11.0. The molecule has 0 aliphatic rings. The zero-order valence-electron chi connectivity index (χ0n) is 11.6. The van der Waals surface area contributed by atoms with Crippen molar-refractivity contribution >= 4 is 11.8 Å². The van der Waals surface area contributed by atoms with Gasteiger partial charge in [0, 0.05) is 12.6 Å². The Kier molecular flexibility index (Phi) is 3.72. The third-order valence-corrected chi connectivity index (χ3v) is 4.21. The van der Waals surface area contributed by atoms with Crippen LogP contribution in [0.4, 0.5) is 0 Å². The van der Waals surface area contributed by atoms with E-state index in [9.17, 15) is 5.11 Å². The van der Waals surface area contributed by atoms with E-state index in [1.165, 1.54) is 11.8 Å². The predicted octanol–water partition coefficient (Wildman–Crippen LogP) is 1.35. The Morgan fingerprint density at radius 1 is 1.24 bits per heavy atom. The molecule has 0 amide bonds. The van der Waals surface area contributed by atoms with Gasteiger partial charge >= 0.3 is 0 Å². The minimum atomic E-state index is -0.0771. The Morgan fingerprint density at radius 3 is 2.62 bits per heavy atom. The number of rotatable bonds is 4. The van der Waals surface area contributed by atoms with E-state index < -0.39 is 0 Å². The molecule has 8 heteroatoms. The van der Waals surface area contributed by atoms with E-state index in [0.29, 0.717) is 5.16 Å². The molecule has 0 fully saturated rings. The molecular formula is C13H14N6OS. The molecular weight excluding hydrogens is 288 g/mol. The number of hydrogen-bond donors (Lipinski definition) is 1. The Balaban J connectivity index is 2.11. The molecule has 7 nitrogen and oxygen atoms in total. The van der Waals surface area contributed by atoms with Gasteiger partial charge in [0.15, 0.2) is 0 Å². The average Bonchev–Trinajstić information content (AvgIpc) is 3.04. The SMILES string of the molecule is Cc1nn(-c2ccccc2)c(Sc2nnnn2C)c1CO. The second-order valence-corrected chi connectivity index (χ2v) is 5.42. The largest absolute Gasteiger partial charge is 0.392 e. The van der Waals surface area contributed by atoms with Crippen LogP contribution in [0.5, 0.6) is 0 Å². The summed E-state index contributed by atoms with van der Waals surface area (Å²) >= 11 is 1.38. The van der Waals surface area contributed by atoms with Gasteiger partial charge in [-0.05, 0) is 41.2 Å². The number of hydrogen-bond acceptors (Lipinski definition) is 6. The molecule has 2 aromatic heterocycles. The second-order valence-electron chi connectivity index (χ2n) is 4.46. The number of benzene rings is 1. The molecule has 0 aliphatic carbocycles. The molecule has 2 heterocycles. The third-order valence-electron chi connectivity index (χ3n) is 3.07. The number of aliphatic hydroxyl groups excluding tert-OH is 1. The van der Waals surface area contributed by atoms with Crippen molar-refractivity contribution in [2.45, 2.75) is 23.7 Å². The number of tetrazole rings is 1. The maximum atomic E-state index is 9.63. The summed E-state index contributed by atoms with van der Waals surface area (Å²) in [5.41, 5.74) is 2.50. The predicted molar refractivity (Wildman–Crippen MR) is 77.1 cm³/mol. The highest BCUT2D eigenvalue weighted by Gasteiger charge is 2.19. The molecule has 3 aromatic rings. The van der Waals surface area contributed by atoms with E-state index in [2.05, 4.69) is 20.6 Å². The highest BCUT2D eigenvalue weighted by molar-refractivity contribution is 7.99. The first kappa shape index (κ1) is 13.8. The quantitative estimate of drug-likeness (QED) is 0.783. The zero-order valence-corrected chi connectivity index (χ0v) is 12.4. The minimum Gasteiger partial charge on any atom is -0.392 e. The summed E-state index contributed by atoms with van der Waals surface area (Å²) in [7, 11) is 1.77. The van der Waals surface area contributed by atoms with Crippen LogP contribution in [0.2, 0.25) is 0 Å². The molecule has 1 N–H and O–H groups in total. The van der Waals surface area contributed by atoms with Crippen molar-refractivity contribution in [1.82, 2.24) is 30.0 Å². The molecule has 3 rings (SSSR count). The topological polar surface area (TPSA) is 81.7 Å². The molecule has 0 radical (unpaired) electrons. The molecule has 0 atom stereocenters. The van der Waals surface area contributed by atoms with Crippen LogP contribution in [0.25, 0.3) is 5.69 Å². The van der Waals surface area contributed by atoms with Crippen LogP contribution in [-0.4, -0.2) is 35.1 Å². The van der Waals surface area contributed by atoms with Crippen molar-refractivity contribution in [2.24, 2.45) is 7.05 Å². The van der Waals surface area contributed by atoms with Crippen LogP contribution in [0, 0.1) is 6.92 Å². The van der Waals surface area contributed by atoms with Crippen molar-refractivity contribution < 1.29 is 5.11 Å². The van der Waals surface area contributed by atoms with E-state index in [-0.39, 0.29) is 6.61 Å². The zero-order chi connectivity index (χ0) is 14.8. The molecule has 0 unspecified atom stereocenters. The summed E-state index contributed by atoms with van der Waals surface area (Å²) in [6.07, 6.45) is 0. The Labute approximate surface area is 125 Å². The third kappa shape index (κ3) is 2.55. The van der Waals surface area contributed by atoms with E-state index in [1.54, 1.807) is 16.4 Å². The van der Waals surface area contributed by atoms with Gasteiger partial charge in [0.25, 0.3) is 0 Å². The van der Waals surface area contributed by atoms with Gasteiger partial charge in [-0.1, -0.05) is 18.2 Å². The molecule has 0 bridgehead atoms. The van der Waals surface area contributed by atoms with Crippen LogP contribution in [-0.2, 0) is 13.7 Å². The Bertz CT molecular complexity index is 751. The van der Waals surface area contributed by atoms with Gasteiger partial charge in [-0.3, -0.25) is 0 Å². The summed E-state index contributed by atoms with van der Waals surface area (Å²) in [5, 5.41) is 27.0. The number of para-hydroxylation sites is 1. The van der Waals surface area contributed by atoms with Gasteiger partial charge in [0.2, 0.25) is 5.16 Å². The Hall–Kier alpha value is -2.19. The molecule has 0 saturated heterocycles. The van der Waals surface area contributed by atoms with E-state index in [0.717, 1.165) is 22.0 Å². The molecule has 0 aliphatic heterocycles. The first-order valence-electron chi connectivity index (χ1n) is 6.35. The molecule has 21 heavy (non-hydrogen) atoms. The van der Waals surface area contributed by atoms with Gasteiger partial charge < -0.3 is 5.11 Å². The van der Waals surface area contributed by atoms with Gasteiger partial charge in [-0.2, -0.15) is 5.10 Å². The first-order chi connectivity index (χ1) is 10.2. The van der Waals surface area contributed by atoms with Crippen molar-refractivity contribution in [3.05, 3.63) is 41.6 Å². The summed E-state index contributed by atoms with van der Waals surface area (Å²) < 4.78 is 3.39. The highest BCUT2D eigenvalue weighted by Crippen LogP contribution is 2.32. The van der Waals surface area contributed by atoms with Gasteiger partial charge in [0.1, 0.15) is 5.03 Å². The van der Waals surface area contributed by atoms with Gasteiger partial charge in [-0.15, -0.1) is 5.10 Å². The lowest BCUT2D eigenvalue weighted by Gasteiger charge is -2.07. The number of aromatic nitrogens is 6. The van der Waals surface area contributed by atoms with E-state index in [1.807, 2.05) is 37.3 Å². The fourth-order valence-electron chi connectivity index (χ4n) is 1.96. The lowest BCUT2D eigenvalue weighted by Crippen LogP contribution is -2.00. The van der Waals surface area contributed by atoms with E-state index >= 15 is 0 Å². The van der Waals surface area contributed by atoms with Crippen LogP contribution in [0.15, 0.2) is 40.5 Å².